The molecule has 2 fully saturated rings. The van der Waals surface area contributed by atoms with Crippen LogP contribution in [-0.4, -0.2) is 46.6 Å². The van der Waals surface area contributed by atoms with Crippen molar-refractivity contribution in [2.24, 2.45) is 5.92 Å². The highest BCUT2D eigenvalue weighted by molar-refractivity contribution is 7.57. The predicted molar refractivity (Wildman–Crippen MR) is 206 cm³/mol. The van der Waals surface area contributed by atoms with Crippen LogP contribution in [-0.2, 0) is 36.7 Å². The summed E-state index contributed by atoms with van der Waals surface area (Å²) in [6.45, 7) is 6.44. The number of benzene rings is 5. The van der Waals surface area contributed by atoms with E-state index in [0.717, 1.165) is 63.9 Å². The van der Waals surface area contributed by atoms with Crippen molar-refractivity contribution >= 4 is 41.1 Å². The van der Waals surface area contributed by atoms with Gasteiger partial charge in [0.1, 0.15) is 0 Å². The third-order valence-electron chi connectivity index (χ3n) is 10.8. The summed E-state index contributed by atoms with van der Waals surface area (Å²) in [5.74, 6) is -2.79. The number of carbonyl (C=O) groups is 2. The van der Waals surface area contributed by atoms with Crippen LogP contribution in [0.4, 0.5) is 0 Å². The summed E-state index contributed by atoms with van der Waals surface area (Å²) in [5.41, 5.74) is 3.73. The smallest absolute Gasteiger partial charge is 0.322 e. The fraction of sp³-hybridized carbons (Fsp3) is 0.349. The fourth-order valence-corrected chi connectivity index (χ4v) is 11.7. The molecule has 1 saturated carbocycles. The van der Waals surface area contributed by atoms with Crippen LogP contribution in [0, 0.1) is 12.8 Å². The molecule has 0 radical (unpaired) electrons. The van der Waals surface area contributed by atoms with E-state index < -0.39 is 31.5 Å². The lowest BCUT2D eigenvalue weighted by atomic mass is 9.89. The molecule has 1 aliphatic heterocycles. The number of aryl methyl sites for hydroxylation is 1. The molecule has 1 heterocycles. The normalized spacial score (nSPS) is 19.5. The van der Waals surface area contributed by atoms with Crippen molar-refractivity contribution < 1.29 is 23.6 Å². The minimum Gasteiger partial charge on any atom is -0.465 e. The fourth-order valence-electron chi connectivity index (χ4n) is 8.39. The average Bonchev–Trinajstić information content (AvgIpc) is 3.38. The van der Waals surface area contributed by atoms with E-state index >= 15 is 4.57 Å². The molecule has 270 valence electrons. The topological polar surface area (TPSA) is 88.2 Å². The van der Waals surface area contributed by atoms with Gasteiger partial charge in [-0.25, -0.2) is 14.4 Å². The molecule has 1 saturated heterocycles. The molecule has 5 aromatic carbocycles. The van der Waals surface area contributed by atoms with Gasteiger partial charge in [-0.05, 0) is 77.4 Å². The molecule has 7 rings (SSSR count). The Bertz CT molecular complexity index is 1990. The zero-order valence-corrected chi connectivity index (χ0v) is 31.1. The maximum Gasteiger partial charge on any atom is 0.322 e. The van der Waals surface area contributed by atoms with Gasteiger partial charge < -0.3 is 9.47 Å². The molecule has 1 N–H and O–H groups in total. The van der Waals surface area contributed by atoms with Crippen LogP contribution < -0.4 is 5.09 Å². The van der Waals surface area contributed by atoms with Gasteiger partial charge in [0.2, 0.25) is 0 Å². The highest BCUT2D eigenvalue weighted by atomic mass is 31.2. The zero-order valence-electron chi connectivity index (χ0n) is 30.2. The molecule has 5 aromatic rings. The molecule has 3 atom stereocenters. The van der Waals surface area contributed by atoms with Crippen LogP contribution in [0.25, 0.3) is 21.5 Å². The summed E-state index contributed by atoms with van der Waals surface area (Å²) >= 11 is 0. The molecule has 0 unspecified atom stereocenters. The number of nitrogens with one attached hydrogen (secondary N) is 1. The number of rotatable bonds is 12. The van der Waals surface area contributed by atoms with Crippen LogP contribution in [0.2, 0.25) is 0 Å². The van der Waals surface area contributed by atoms with Gasteiger partial charge in [0.25, 0.3) is 7.59 Å². The number of nitrogens with zero attached hydrogens (tertiary/aromatic N) is 2. The predicted octanol–water partition coefficient (Wildman–Crippen LogP) is 9.11. The van der Waals surface area contributed by atoms with Crippen molar-refractivity contribution in [1.82, 2.24) is 14.4 Å². The van der Waals surface area contributed by atoms with Crippen LogP contribution in [0.3, 0.4) is 0 Å². The third-order valence-corrected chi connectivity index (χ3v) is 13.7. The Balaban J connectivity index is 1.42. The Morgan fingerprint density at radius 2 is 1.15 bits per heavy atom. The van der Waals surface area contributed by atoms with Gasteiger partial charge in [-0.15, -0.1) is 0 Å². The van der Waals surface area contributed by atoms with Gasteiger partial charge in [-0.1, -0.05) is 122 Å². The van der Waals surface area contributed by atoms with Crippen molar-refractivity contribution in [3.63, 3.8) is 0 Å². The van der Waals surface area contributed by atoms with E-state index in [4.69, 9.17) is 9.47 Å². The van der Waals surface area contributed by atoms with Gasteiger partial charge in [0.15, 0.2) is 5.92 Å². The minimum absolute atomic E-state index is 0.0119. The van der Waals surface area contributed by atoms with Crippen molar-refractivity contribution in [3.8, 4) is 0 Å². The largest absolute Gasteiger partial charge is 0.465 e. The lowest BCUT2D eigenvalue weighted by molar-refractivity contribution is -0.163. The number of hydrogen-bond donors (Lipinski definition) is 1. The standard InChI is InChI=1S/C43H48N3O5P/c1-4-50-42(47)40(43(48)51-5-2)41(35-23-9-6-16-30(35)3)44-52(49)45(28-33-21-14-19-31-17-7-10-24-36(31)33)38-26-12-13-27-39(38)46(52)29-34-22-15-20-32-18-8-11-25-37(32)34/h6-11,14-25,38-41H,4-5,12-13,26-29H2,1-3H3,(H,44,49)/t38-,39-,41+/m1/s1. The van der Waals surface area contributed by atoms with Gasteiger partial charge >= 0.3 is 11.9 Å². The molecule has 1 aliphatic carbocycles. The Kier molecular flexibility index (Phi) is 10.9. The van der Waals surface area contributed by atoms with E-state index in [2.05, 4.69) is 75.1 Å². The number of carbonyl (C=O) groups excluding carboxylic acids is 2. The number of hydrogen-bond acceptors (Lipinski definition) is 5. The molecule has 9 heteroatoms. The SMILES string of the molecule is CCOC(=O)C(C(=O)OCC)[C@@H](NP1(=O)N(Cc2cccc3ccccc23)[C@@H]2CCCC[C@H]2N1Cc1cccc2ccccc12)c1ccccc1C. The third kappa shape index (κ3) is 6.93. The summed E-state index contributed by atoms with van der Waals surface area (Å²) in [7, 11) is -3.79. The first-order valence-electron chi connectivity index (χ1n) is 18.6. The van der Waals surface area contributed by atoms with Crippen LogP contribution in [0.15, 0.2) is 109 Å². The first kappa shape index (κ1) is 36.0. The molecule has 8 nitrogen and oxygen atoms in total. The van der Waals surface area contributed by atoms with E-state index in [1.807, 2.05) is 55.5 Å². The van der Waals surface area contributed by atoms with Gasteiger partial charge in [-0.2, -0.15) is 0 Å². The van der Waals surface area contributed by atoms with Crippen LogP contribution in [0.5, 0.6) is 0 Å². The second-order valence-electron chi connectivity index (χ2n) is 13.9. The average molecular weight is 718 g/mol. The number of fused-ring (bicyclic) bond motifs is 3. The molecule has 2 aliphatic rings. The van der Waals surface area contributed by atoms with Gasteiger partial charge in [-0.3, -0.25) is 14.2 Å². The summed E-state index contributed by atoms with van der Waals surface area (Å²) in [6.07, 6.45) is 3.85. The van der Waals surface area contributed by atoms with Crippen molar-refractivity contribution in [2.45, 2.75) is 77.7 Å². The van der Waals surface area contributed by atoms with Gasteiger partial charge in [0.05, 0.1) is 19.3 Å². The van der Waals surface area contributed by atoms with E-state index in [1.165, 1.54) is 0 Å². The Morgan fingerprint density at radius 1 is 0.692 bits per heavy atom. The molecular formula is C43H48N3O5P. The first-order valence-corrected chi connectivity index (χ1v) is 20.2. The molecule has 0 aromatic heterocycles. The summed E-state index contributed by atoms with van der Waals surface area (Å²) in [5, 5.41) is 8.10. The molecule has 0 spiro atoms. The summed E-state index contributed by atoms with van der Waals surface area (Å²) < 4.78 is 32.2. The monoisotopic (exact) mass is 717 g/mol. The maximum atomic E-state index is 16.7. The van der Waals surface area contributed by atoms with E-state index in [-0.39, 0.29) is 25.3 Å². The lowest BCUT2D eigenvalue weighted by Crippen LogP contribution is -2.42. The summed E-state index contributed by atoms with van der Waals surface area (Å²) in [4.78, 5) is 27.7. The van der Waals surface area contributed by atoms with Crippen LogP contribution >= 0.6 is 7.59 Å². The van der Waals surface area contributed by atoms with E-state index in [9.17, 15) is 9.59 Å². The minimum atomic E-state index is -3.79. The van der Waals surface area contributed by atoms with Crippen molar-refractivity contribution in [1.29, 1.82) is 0 Å². The van der Waals surface area contributed by atoms with Gasteiger partial charge in [0, 0.05) is 25.2 Å². The highest BCUT2D eigenvalue weighted by Gasteiger charge is 2.57. The molecule has 0 bridgehead atoms. The molecular weight excluding hydrogens is 669 g/mol. The highest BCUT2D eigenvalue weighted by Crippen LogP contribution is 2.64. The maximum absolute atomic E-state index is 16.7. The van der Waals surface area contributed by atoms with E-state index in [1.54, 1.807) is 13.8 Å². The number of ether oxygens (including phenoxy) is 2. The van der Waals surface area contributed by atoms with Crippen molar-refractivity contribution in [2.75, 3.05) is 13.2 Å². The second kappa shape index (κ2) is 15.7. The first-order chi connectivity index (χ1) is 25.3. The quantitative estimate of drug-likeness (QED) is 0.0777. The number of esters is 2. The Morgan fingerprint density at radius 3 is 1.65 bits per heavy atom. The lowest BCUT2D eigenvalue weighted by Gasteiger charge is -2.37. The van der Waals surface area contributed by atoms with Crippen LogP contribution in [0.1, 0.15) is 67.8 Å². The Labute approximate surface area is 306 Å². The molecule has 52 heavy (non-hydrogen) atoms. The van der Waals surface area contributed by atoms with E-state index in [0.29, 0.717) is 18.7 Å². The zero-order chi connectivity index (χ0) is 36.2. The summed E-state index contributed by atoms with van der Waals surface area (Å²) in [6, 6.07) is 35.8. The molecule has 0 amide bonds. The Hall–Kier alpha value is -4.33. The second-order valence-corrected chi connectivity index (χ2v) is 16.3. The van der Waals surface area contributed by atoms with Crippen molar-refractivity contribution in [3.05, 3.63) is 131 Å².